The van der Waals surface area contributed by atoms with Gasteiger partial charge in [-0.3, -0.25) is 9.59 Å². The van der Waals surface area contributed by atoms with Crippen LogP contribution in [0.3, 0.4) is 0 Å². The number of allylic oxidation sites excluding steroid dienone is 1. The van der Waals surface area contributed by atoms with Gasteiger partial charge in [0.1, 0.15) is 0 Å². The molecule has 0 heterocycles. The molecule has 0 saturated heterocycles. The summed E-state index contributed by atoms with van der Waals surface area (Å²) in [7, 11) is 6.92. The summed E-state index contributed by atoms with van der Waals surface area (Å²) in [4.78, 5) is 27.0. The normalized spacial score (nSPS) is 24.0. The van der Waals surface area contributed by atoms with Crippen molar-refractivity contribution in [2.45, 2.75) is 12.8 Å². The van der Waals surface area contributed by atoms with Crippen LogP contribution in [0.1, 0.15) is 12.8 Å². The molecular formula is C12H20N2O2. The summed E-state index contributed by atoms with van der Waals surface area (Å²) in [5, 5.41) is 0. The molecule has 0 aromatic heterocycles. The Kier molecular flexibility index (Phi) is 4.10. The molecule has 0 spiro atoms. The number of amides is 2. The van der Waals surface area contributed by atoms with E-state index in [0.717, 1.165) is 12.8 Å². The zero-order valence-electron chi connectivity index (χ0n) is 10.4. The minimum atomic E-state index is -0.293. The zero-order valence-corrected chi connectivity index (χ0v) is 10.4. The molecule has 0 bridgehead atoms. The summed E-state index contributed by atoms with van der Waals surface area (Å²) in [5.41, 5.74) is 0. The summed E-state index contributed by atoms with van der Waals surface area (Å²) in [6.45, 7) is 0. The summed E-state index contributed by atoms with van der Waals surface area (Å²) < 4.78 is 0. The van der Waals surface area contributed by atoms with E-state index in [0.29, 0.717) is 0 Å². The summed E-state index contributed by atoms with van der Waals surface area (Å²) >= 11 is 0. The number of rotatable bonds is 2. The highest BCUT2D eigenvalue weighted by Gasteiger charge is 2.34. The monoisotopic (exact) mass is 224 g/mol. The number of carbonyl (C=O) groups excluding carboxylic acids is 2. The molecular weight excluding hydrogens is 204 g/mol. The van der Waals surface area contributed by atoms with Gasteiger partial charge in [0.05, 0.1) is 11.8 Å². The lowest BCUT2D eigenvalue weighted by atomic mass is 9.82. The summed E-state index contributed by atoms with van der Waals surface area (Å²) in [6.07, 6.45) is 5.50. The molecule has 2 unspecified atom stereocenters. The van der Waals surface area contributed by atoms with Crippen LogP contribution >= 0.6 is 0 Å². The lowest BCUT2D eigenvalue weighted by molar-refractivity contribution is -0.142. The van der Waals surface area contributed by atoms with Crippen molar-refractivity contribution in [3.8, 4) is 0 Å². The molecule has 4 heteroatoms. The minimum absolute atomic E-state index is 0.0103. The van der Waals surface area contributed by atoms with E-state index in [2.05, 4.69) is 0 Å². The zero-order chi connectivity index (χ0) is 12.3. The molecule has 90 valence electrons. The maximum absolute atomic E-state index is 12.0. The Morgan fingerprint density at radius 3 is 2.12 bits per heavy atom. The molecule has 1 rings (SSSR count). The van der Waals surface area contributed by atoms with Crippen LogP contribution in [-0.2, 0) is 9.59 Å². The lowest BCUT2D eigenvalue weighted by Crippen LogP contribution is -2.41. The molecule has 0 radical (unpaired) electrons. The van der Waals surface area contributed by atoms with Crippen LogP contribution in [0.15, 0.2) is 12.2 Å². The van der Waals surface area contributed by atoms with Crippen molar-refractivity contribution >= 4 is 11.8 Å². The predicted octanol–water partition coefficient (Wildman–Crippen LogP) is 0.745. The van der Waals surface area contributed by atoms with E-state index in [-0.39, 0.29) is 23.7 Å². The van der Waals surface area contributed by atoms with Crippen molar-refractivity contribution in [2.24, 2.45) is 11.8 Å². The third-order valence-electron chi connectivity index (χ3n) is 2.91. The number of hydrogen-bond donors (Lipinski definition) is 0. The van der Waals surface area contributed by atoms with Crippen molar-refractivity contribution in [2.75, 3.05) is 28.2 Å². The third kappa shape index (κ3) is 2.62. The van der Waals surface area contributed by atoms with Crippen molar-refractivity contribution in [3.63, 3.8) is 0 Å². The van der Waals surface area contributed by atoms with Gasteiger partial charge in [0.15, 0.2) is 0 Å². The topological polar surface area (TPSA) is 40.6 Å². The standard InChI is InChI=1S/C12H20N2O2/c1-13(2)11(15)9-7-5-6-8-10(9)12(16)14(3)4/h5,7,9-10H,6,8H2,1-4H3. The molecule has 16 heavy (non-hydrogen) atoms. The predicted molar refractivity (Wildman–Crippen MR) is 62.7 cm³/mol. The first-order valence-electron chi connectivity index (χ1n) is 5.54. The van der Waals surface area contributed by atoms with Crippen LogP contribution in [-0.4, -0.2) is 49.8 Å². The maximum atomic E-state index is 12.0. The summed E-state index contributed by atoms with van der Waals surface area (Å²) in [5.74, 6) is -0.436. The van der Waals surface area contributed by atoms with Gasteiger partial charge in [-0.1, -0.05) is 12.2 Å². The number of carbonyl (C=O) groups is 2. The van der Waals surface area contributed by atoms with Crippen LogP contribution in [0.4, 0.5) is 0 Å². The van der Waals surface area contributed by atoms with E-state index in [9.17, 15) is 9.59 Å². The fraction of sp³-hybridized carbons (Fsp3) is 0.667. The van der Waals surface area contributed by atoms with Gasteiger partial charge in [-0.2, -0.15) is 0 Å². The fourth-order valence-corrected chi connectivity index (χ4v) is 1.99. The Balaban J connectivity index is 2.86. The van der Waals surface area contributed by atoms with E-state index in [1.165, 1.54) is 0 Å². The second-order valence-electron chi connectivity index (χ2n) is 4.60. The van der Waals surface area contributed by atoms with Crippen molar-refractivity contribution in [1.82, 2.24) is 9.80 Å². The quantitative estimate of drug-likeness (QED) is 0.649. The SMILES string of the molecule is CN(C)C(=O)C1C=CCCC1C(=O)N(C)C. The van der Waals surface area contributed by atoms with E-state index in [1.54, 1.807) is 38.0 Å². The van der Waals surface area contributed by atoms with E-state index in [4.69, 9.17) is 0 Å². The molecule has 4 nitrogen and oxygen atoms in total. The first kappa shape index (κ1) is 12.7. The second kappa shape index (κ2) is 5.14. The molecule has 0 aromatic rings. The van der Waals surface area contributed by atoms with Crippen molar-refractivity contribution in [1.29, 1.82) is 0 Å². The Hall–Kier alpha value is -1.32. The van der Waals surface area contributed by atoms with Crippen molar-refractivity contribution in [3.05, 3.63) is 12.2 Å². The average molecular weight is 224 g/mol. The van der Waals surface area contributed by atoms with Gasteiger partial charge in [-0.05, 0) is 12.8 Å². The van der Waals surface area contributed by atoms with Gasteiger partial charge in [0.2, 0.25) is 11.8 Å². The highest BCUT2D eigenvalue weighted by Crippen LogP contribution is 2.27. The first-order valence-corrected chi connectivity index (χ1v) is 5.54. The van der Waals surface area contributed by atoms with Crippen LogP contribution in [0.5, 0.6) is 0 Å². The van der Waals surface area contributed by atoms with Gasteiger partial charge in [-0.25, -0.2) is 0 Å². The highest BCUT2D eigenvalue weighted by molar-refractivity contribution is 5.88. The van der Waals surface area contributed by atoms with E-state index in [1.807, 2.05) is 12.2 Å². The van der Waals surface area contributed by atoms with Crippen LogP contribution in [0, 0.1) is 11.8 Å². The van der Waals surface area contributed by atoms with E-state index >= 15 is 0 Å². The summed E-state index contributed by atoms with van der Waals surface area (Å²) in [6, 6.07) is 0. The second-order valence-corrected chi connectivity index (χ2v) is 4.60. The molecule has 0 saturated carbocycles. The molecule has 1 aliphatic carbocycles. The first-order chi connectivity index (χ1) is 7.45. The number of hydrogen-bond acceptors (Lipinski definition) is 2. The highest BCUT2D eigenvalue weighted by atomic mass is 16.2. The van der Waals surface area contributed by atoms with Crippen LogP contribution < -0.4 is 0 Å². The fourth-order valence-electron chi connectivity index (χ4n) is 1.99. The lowest BCUT2D eigenvalue weighted by Gasteiger charge is -2.29. The maximum Gasteiger partial charge on any atom is 0.229 e. The molecule has 2 atom stereocenters. The molecule has 1 aliphatic rings. The Bertz CT molecular complexity index is 308. The average Bonchev–Trinajstić information content (AvgIpc) is 2.26. The molecule has 0 aromatic carbocycles. The smallest absolute Gasteiger partial charge is 0.229 e. The Morgan fingerprint density at radius 1 is 1.06 bits per heavy atom. The Labute approximate surface area is 96.9 Å². The van der Waals surface area contributed by atoms with Gasteiger partial charge in [0, 0.05) is 28.2 Å². The van der Waals surface area contributed by atoms with E-state index < -0.39 is 0 Å². The minimum Gasteiger partial charge on any atom is -0.349 e. The molecule has 0 fully saturated rings. The van der Waals surface area contributed by atoms with Crippen LogP contribution in [0.25, 0.3) is 0 Å². The van der Waals surface area contributed by atoms with Crippen molar-refractivity contribution < 1.29 is 9.59 Å². The Morgan fingerprint density at radius 2 is 1.62 bits per heavy atom. The van der Waals surface area contributed by atoms with Gasteiger partial charge < -0.3 is 9.80 Å². The number of nitrogens with zero attached hydrogens (tertiary/aromatic N) is 2. The third-order valence-corrected chi connectivity index (χ3v) is 2.91. The van der Waals surface area contributed by atoms with Gasteiger partial charge in [0.25, 0.3) is 0 Å². The van der Waals surface area contributed by atoms with Gasteiger partial charge >= 0.3 is 0 Å². The van der Waals surface area contributed by atoms with Crippen LogP contribution in [0.2, 0.25) is 0 Å². The largest absolute Gasteiger partial charge is 0.349 e. The molecule has 2 amide bonds. The molecule has 0 N–H and O–H groups in total. The molecule has 0 aliphatic heterocycles. The van der Waals surface area contributed by atoms with Gasteiger partial charge in [-0.15, -0.1) is 0 Å².